The van der Waals surface area contributed by atoms with Gasteiger partial charge in [0.15, 0.2) is 0 Å². The van der Waals surface area contributed by atoms with Crippen LogP contribution in [-0.2, 0) is 4.89 Å². The summed E-state index contributed by atoms with van der Waals surface area (Å²) in [7, 11) is 0. The lowest BCUT2D eigenvalue weighted by Crippen LogP contribution is -2.17. The Kier molecular flexibility index (Phi) is 3.06. The first-order valence-electron chi connectivity index (χ1n) is 4.27. The van der Waals surface area contributed by atoms with Crippen molar-refractivity contribution in [2.45, 2.75) is 39.7 Å². The molecule has 1 unspecified atom stereocenters. The third kappa shape index (κ3) is 1.96. The first-order chi connectivity index (χ1) is 5.65. The smallest absolute Gasteiger partial charge is 0.117 e. The van der Waals surface area contributed by atoms with Gasteiger partial charge in [0.1, 0.15) is 6.10 Å². The fraction of sp³-hybridized carbons (Fsp3) is 0.600. The van der Waals surface area contributed by atoms with Gasteiger partial charge in [0, 0.05) is 6.42 Å². The minimum Gasteiger partial charge on any atom is -0.251 e. The highest BCUT2D eigenvalue weighted by molar-refractivity contribution is 5.24. The van der Waals surface area contributed by atoms with Crippen molar-refractivity contribution in [1.82, 2.24) is 0 Å². The lowest BCUT2D eigenvalue weighted by atomic mass is 9.90. The molecular formula is C10H16O2. The normalized spacial score (nSPS) is 23.8. The largest absolute Gasteiger partial charge is 0.251 e. The highest BCUT2D eigenvalue weighted by Gasteiger charge is 2.18. The van der Waals surface area contributed by atoms with E-state index in [9.17, 15) is 0 Å². The lowest BCUT2D eigenvalue weighted by molar-refractivity contribution is -0.268. The maximum absolute atomic E-state index is 8.60. The Bertz CT molecular complexity index is 222. The Hall–Kier alpha value is -0.600. The van der Waals surface area contributed by atoms with Crippen molar-refractivity contribution < 1.29 is 10.1 Å². The van der Waals surface area contributed by atoms with Crippen LogP contribution in [0.2, 0.25) is 0 Å². The Balaban J connectivity index is 2.78. The quantitative estimate of drug-likeness (QED) is 0.370. The van der Waals surface area contributed by atoms with E-state index in [0.29, 0.717) is 0 Å². The molecular weight excluding hydrogens is 152 g/mol. The van der Waals surface area contributed by atoms with E-state index in [2.05, 4.69) is 24.8 Å². The summed E-state index contributed by atoms with van der Waals surface area (Å²) in [6.45, 7) is 6.18. The summed E-state index contributed by atoms with van der Waals surface area (Å²) in [5.74, 6) is 0. The van der Waals surface area contributed by atoms with Gasteiger partial charge in [0.2, 0.25) is 0 Å². The zero-order valence-corrected chi connectivity index (χ0v) is 7.92. The molecule has 1 aliphatic carbocycles. The summed E-state index contributed by atoms with van der Waals surface area (Å²) < 4.78 is 0. The van der Waals surface area contributed by atoms with E-state index in [1.807, 2.05) is 6.92 Å². The Morgan fingerprint density at radius 1 is 1.58 bits per heavy atom. The molecule has 0 spiro atoms. The highest BCUT2D eigenvalue weighted by atomic mass is 17.1. The van der Waals surface area contributed by atoms with Crippen molar-refractivity contribution in [3.8, 4) is 0 Å². The molecule has 0 saturated carbocycles. The first kappa shape index (κ1) is 9.49. The van der Waals surface area contributed by atoms with Crippen LogP contribution < -0.4 is 0 Å². The molecule has 0 fully saturated rings. The summed E-state index contributed by atoms with van der Waals surface area (Å²) in [4.78, 5) is 4.38. The van der Waals surface area contributed by atoms with Gasteiger partial charge < -0.3 is 0 Å². The molecule has 1 rings (SSSR count). The highest BCUT2D eigenvalue weighted by Crippen LogP contribution is 2.26. The molecule has 68 valence electrons. The second kappa shape index (κ2) is 3.87. The molecule has 0 aromatic heterocycles. The van der Waals surface area contributed by atoms with Gasteiger partial charge in [-0.05, 0) is 32.8 Å². The monoisotopic (exact) mass is 168 g/mol. The van der Waals surface area contributed by atoms with Gasteiger partial charge in [-0.2, -0.15) is 0 Å². The predicted molar refractivity (Wildman–Crippen MR) is 48.9 cm³/mol. The van der Waals surface area contributed by atoms with E-state index >= 15 is 0 Å². The average molecular weight is 168 g/mol. The summed E-state index contributed by atoms with van der Waals surface area (Å²) in [5.41, 5.74) is 3.84. The Labute approximate surface area is 73.5 Å². The van der Waals surface area contributed by atoms with Crippen molar-refractivity contribution in [3.05, 3.63) is 22.8 Å². The van der Waals surface area contributed by atoms with Crippen molar-refractivity contribution in [2.75, 3.05) is 0 Å². The SMILES string of the molecule is CC1=CCC(=C(C)C)CC1OO. The van der Waals surface area contributed by atoms with Gasteiger partial charge in [-0.25, -0.2) is 4.89 Å². The van der Waals surface area contributed by atoms with E-state index in [1.165, 1.54) is 11.1 Å². The van der Waals surface area contributed by atoms with Crippen LogP contribution in [0.1, 0.15) is 33.6 Å². The van der Waals surface area contributed by atoms with Crippen LogP contribution >= 0.6 is 0 Å². The molecule has 2 heteroatoms. The van der Waals surface area contributed by atoms with Crippen molar-refractivity contribution in [3.63, 3.8) is 0 Å². The minimum atomic E-state index is -0.122. The van der Waals surface area contributed by atoms with Gasteiger partial charge in [-0.1, -0.05) is 17.2 Å². The lowest BCUT2D eigenvalue weighted by Gasteiger charge is -2.21. The number of hydrogen-bond donors (Lipinski definition) is 1. The summed E-state index contributed by atoms with van der Waals surface area (Å²) in [6, 6.07) is 0. The molecule has 0 radical (unpaired) electrons. The summed E-state index contributed by atoms with van der Waals surface area (Å²) in [5, 5.41) is 8.60. The van der Waals surface area contributed by atoms with Crippen LogP contribution in [0.4, 0.5) is 0 Å². The topological polar surface area (TPSA) is 29.5 Å². The molecule has 12 heavy (non-hydrogen) atoms. The number of rotatable bonds is 1. The Morgan fingerprint density at radius 2 is 2.25 bits per heavy atom. The fourth-order valence-corrected chi connectivity index (χ4v) is 1.41. The minimum absolute atomic E-state index is 0.122. The molecule has 1 atom stereocenters. The molecule has 1 aliphatic rings. The van der Waals surface area contributed by atoms with Gasteiger partial charge in [0.25, 0.3) is 0 Å². The second-order valence-corrected chi connectivity index (χ2v) is 3.55. The summed E-state index contributed by atoms with van der Waals surface area (Å²) >= 11 is 0. The van der Waals surface area contributed by atoms with Crippen LogP contribution in [0.3, 0.4) is 0 Å². The van der Waals surface area contributed by atoms with E-state index in [4.69, 9.17) is 5.26 Å². The molecule has 0 heterocycles. The van der Waals surface area contributed by atoms with Gasteiger partial charge in [-0.15, -0.1) is 0 Å². The third-order valence-electron chi connectivity index (χ3n) is 2.44. The van der Waals surface area contributed by atoms with E-state index in [-0.39, 0.29) is 6.10 Å². The standard InChI is InChI=1S/C10H16O2/c1-7(2)9-5-4-8(3)10(6-9)12-11/h4,10-11H,5-6H2,1-3H3. The fourth-order valence-electron chi connectivity index (χ4n) is 1.41. The van der Waals surface area contributed by atoms with Gasteiger partial charge in [-0.3, -0.25) is 5.26 Å². The van der Waals surface area contributed by atoms with Crippen LogP contribution in [-0.4, -0.2) is 11.4 Å². The zero-order valence-electron chi connectivity index (χ0n) is 7.92. The van der Waals surface area contributed by atoms with E-state index in [1.54, 1.807) is 0 Å². The third-order valence-corrected chi connectivity index (χ3v) is 2.44. The van der Waals surface area contributed by atoms with Crippen LogP contribution in [0, 0.1) is 0 Å². The van der Waals surface area contributed by atoms with Crippen molar-refractivity contribution in [2.24, 2.45) is 0 Å². The number of allylic oxidation sites excluding steroid dienone is 2. The molecule has 0 aromatic carbocycles. The molecule has 0 bridgehead atoms. The van der Waals surface area contributed by atoms with Gasteiger partial charge >= 0.3 is 0 Å². The maximum atomic E-state index is 8.60. The predicted octanol–water partition coefficient (Wildman–Crippen LogP) is 2.92. The van der Waals surface area contributed by atoms with Gasteiger partial charge in [0.05, 0.1) is 0 Å². The average Bonchev–Trinajstić information content (AvgIpc) is 2.05. The van der Waals surface area contributed by atoms with E-state index in [0.717, 1.165) is 18.4 Å². The number of hydrogen-bond acceptors (Lipinski definition) is 2. The van der Waals surface area contributed by atoms with Crippen LogP contribution in [0.25, 0.3) is 0 Å². The Morgan fingerprint density at radius 3 is 2.75 bits per heavy atom. The molecule has 0 aromatic rings. The molecule has 0 aliphatic heterocycles. The molecule has 2 nitrogen and oxygen atoms in total. The van der Waals surface area contributed by atoms with Crippen molar-refractivity contribution >= 4 is 0 Å². The van der Waals surface area contributed by atoms with Crippen molar-refractivity contribution in [1.29, 1.82) is 0 Å². The maximum Gasteiger partial charge on any atom is 0.117 e. The molecule has 1 N–H and O–H groups in total. The van der Waals surface area contributed by atoms with Crippen LogP contribution in [0.5, 0.6) is 0 Å². The van der Waals surface area contributed by atoms with E-state index < -0.39 is 0 Å². The van der Waals surface area contributed by atoms with Crippen LogP contribution in [0.15, 0.2) is 22.8 Å². The second-order valence-electron chi connectivity index (χ2n) is 3.55. The zero-order chi connectivity index (χ0) is 9.14. The molecule has 0 amide bonds. The summed E-state index contributed by atoms with van der Waals surface area (Å²) in [6.07, 6.45) is 3.84. The molecule has 0 saturated heterocycles. The first-order valence-corrected chi connectivity index (χ1v) is 4.27.